The van der Waals surface area contributed by atoms with E-state index in [9.17, 15) is 0 Å². The van der Waals surface area contributed by atoms with Crippen LogP contribution in [0.4, 0.5) is 0 Å². The van der Waals surface area contributed by atoms with Crippen LogP contribution in [-0.4, -0.2) is 0 Å². The first kappa shape index (κ1) is 15.4. The van der Waals surface area contributed by atoms with Crippen molar-refractivity contribution in [2.45, 2.75) is 0 Å². The molecule has 0 heterocycles. The van der Waals surface area contributed by atoms with E-state index in [1.54, 1.807) is 0 Å². The molecule has 0 saturated carbocycles. The summed E-state index contributed by atoms with van der Waals surface area (Å²) >= 11 is 0. The zero-order chi connectivity index (χ0) is 16.9. The van der Waals surface area contributed by atoms with Crippen molar-refractivity contribution in [3.05, 3.63) is 138 Å². The highest BCUT2D eigenvalue weighted by Gasteiger charge is 2.17. The Kier molecular flexibility index (Phi) is 4.43. The molecule has 25 heavy (non-hydrogen) atoms. The van der Waals surface area contributed by atoms with E-state index in [4.69, 9.17) is 0 Å². The van der Waals surface area contributed by atoms with Gasteiger partial charge in [0.25, 0.3) is 0 Å². The number of rotatable bonds is 4. The molecule has 4 aromatic carbocycles. The van der Waals surface area contributed by atoms with Crippen LogP contribution in [-0.2, 0) is 0 Å². The SMILES string of the molecule is c1ccc([C](c2ccccc2)c2ccc(-c3ccccc3)cc2)cc1. The van der Waals surface area contributed by atoms with Crippen molar-refractivity contribution in [1.29, 1.82) is 0 Å². The third-order valence-electron chi connectivity index (χ3n) is 4.41. The first-order valence-corrected chi connectivity index (χ1v) is 8.55. The van der Waals surface area contributed by atoms with Crippen LogP contribution in [0.25, 0.3) is 11.1 Å². The summed E-state index contributed by atoms with van der Waals surface area (Å²) in [5.74, 6) is 1.26. The number of hydrogen-bond acceptors (Lipinski definition) is 0. The van der Waals surface area contributed by atoms with E-state index in [1.165, 1.54) is 33.7 Å². The standard InChI is InChI=1S/C25H19/c1-4-10-20(11-5-1)21-16-18-24(19-17-21)25(22-12-6-2-7-13-22)23-14-8-3-9-15-23/h1-19H. The minimum Gasteiger partial charge on any atom is -0.0622 e. The van der Waals surface area contributed by atoms with Crippen molar-refractivity contribution < 1.29 is 0 Å². The van der Waals surface area contributed by atoms with E-state index in [2.05, 4.69) is 115 Å². The van der Waals surface area contributed by atoms with Gasteiger partial charge in [-0.3, -0.25) is 0 Å². The topological polar surface area (TPSA) is 0 Å². The molecule has 0 saturated heterocycles. The fraction of sp³-hybridized carbons (Fsp3) is 0. The zero-order valence-corrected chi connectivity index (χ0v) is 14.0. The second-order valence-corrected chi connectivity index (χ2v) is 6.05. The van der Waals surface area contributed by atoms with Crippen LogP contribution in [0, 0.1) is 5.92 Å². The molecule has 0 heteroatoms. The summed E-state index contributed by atoms with van der Waals surface area (Å²) in [6.45, 7) is 0. The van der Waals surface area contributed by atoms with Crippen molar-refractivity contribution in [3.63, 3.8) is 0 Å². The molecule has 0 amide bonds. The molecule has 0 nitrogen and oxygen atoms in total. The van der Waals surface area contributed by atoms with Crippen LogP contribution in [0.5, 0.6) is 0 Å². The van der Waals surface area contributed by atoms with Crippen LogP contribution in [0.1, 0.15) is 16.7 Å². The van der Waals surface area contributed by atoms with Crippen LogP contribution < -0.4 is 0 Å². The monoisotopic (exact) mass is 319 g/mol. The summed E-state index contributed by atoms with van der Waals surface area (Å²) in [5, 5.41) is 0. The summed E-state index contributed by atoms with van der Waals surface area (Å²) in [5.41, 5.74) is 6.19. The molecule has 4 rings (SSSR count). The minimum absolute atomic E-state index is 1.23. The van der Waals surface area contributed by atoms with E-state index < -0.39 is 0 Å². The van der Waals surface area contributed by atoms with Gasteiger partial charge in [0.15, 0.2) is 0 Å². The van der Waals surface area contributed by atoms with E-state index in [0.29, 0.717) is 0 Å². The molecule has 119 valence electrons. The highest BCUT2D eigenvalue weighted by atomic mass is 14.2. The highest BCUT2D eigenvalue weighted by Crippen LogP contribution is 2.32. The molecule has 0 aliphatic rings. The molecule has 0 aliphatic carbocycles. The Hall–Kier alpha value is -3.12. The maximum Gasteiger partial charge on any atom is 0.0629 e. The lowest BCUT2D eigenvalue weighted by molar-refractivity contribution is 1.23. The molecular weight excluding hydrogens is 300 g/mol. The van der Waals surface area contributed by atoms with Gasteiger partial charge in [-0.1, -0.05) is 115 Å². The van der Waals surface area contributed by atoms with Gasteiger partial charge in [0.1, 0.15) is 0 Å². The Morgan fingerprint density at radius 2 is 0.680 bits per heavy atom. The first-order chi connectivity index (χ1) is 12.4. The minimum atomic E-state index is 1.23. The molecular formula is C25H19. The van der Waals surface area contributed by atoms with Crippen LogP contribution >= 0.6 is 0 Å². The molecule has 0 atom stereocenters. The van der Waals surface area contributed by atoms with Crippen molar-refractivity contribution in [2.75, 3.05) is 0 Å². The van der Waals surface area contributed by atoms with Crippen molar-refractivity contribution >= 4 is 0 Å². The maximum absolute atomic E-state index is 2.22. The fourth-order valence-electron chi connectivity index (χ4n) is 3.17. The van der Waals surface area contributed by atoms with Gasteiger partial charge < -0.3 is 0 Å². The predicted octanol–water partition coefficient (Wildman–Crippen LogP) is 6.37. The molecule has 0 unspecified atom stereocenters. The molecule has 0 aliphatic heterocycles. The van der Waals surface area contributed by atoms with E-state index in [1.807, 2.05) is 0 Å². The smallest absolute Gasteiger partial charge is 0.0622 e. The third kappa shape index (κ3) is 3.39. The van der Waals surface area contributed by atoms with E-state index in [0.717, 1.165) is 0 Å². The maximum atomic E-state index is 2.22. The summed E-state index contributed by atoms with van der Waals surface area (Å²) in [6.07, 6.45) is 0. The average molecular weight is 319 g/mol. The molecule has 4 aromatic rings. The number of benzene rings is 4. The van der Waals surface area contributed by atoms with Crippen molar-refractivity contribution in [3.8, 4) is 11.1 Å². The van der Waals surface area contributed by atoms with Gasteiger partial charge in [0.2, 0.25) is 0 Å². The highest BCUT2D eigenvalue weighted by molar-refractivity contribution is 5.66. The average Bonchev–Trinajstić information content (AvgIpc) is 2.71. The van der Waals surface area contributed by atoms with Gasteiger partial charge in [-0.2, -0.15) is 0 Å². The zero-order valence-electron chi connectivity index (χ0n) is 14.0. The van der Waals surface area contributed by atoms with Crippen molar-refractivity contribution in [1.82, 2.24) is 0 Å². The van der Waals surface area contributed by atoms with Gasteiger partial charge in [-0.15, -0.1) is 0 Å². The number of hydrogen-bond donors (Lipinski definition) is 0. The lowest BCUT2D eigenvalue weighted by atomic mass is 9.84. The Balaban J connectivity index is 1.75. The van der Waals surface area contributed by atoms with E-state index in [-0.39, 0.29) is 0 Å². The lowest BCUT2D eigenvalue weighted by Crippen LogP contribution is -2.04. The second-order valence-electron chi connectivity index (χ2n) is 6.05. The molecule has 0 N–H and O–H groups in total. The predicted molar refractivity (Wildman–Crippen MR) is 105 cm³/mol. The van der Waals surface area contributed by atoms with E-state index >= 15 is 0 Å². The summed E-state index contributed by atoms with van der Waals surface area (Å²) in [6, 6.07) is 40.5. The van der Waals surface area contributed by atoms with Gasteiger partial charge >= 0.3 is 0 Å². The van der Waals surface area contributed by atoms with Crippen LogP contribution in [0.2, 0.25) is 0 Å². The Morgan fingerprint density at radius 3 is 1.16 bits per heavy atom. The molecule has 0 bridgehead atoms. The fourth-order valence-corrected chi connectivity index (χ4v) is 3.17. The summed E-state index contributed by atoms with van der Waals surface area (Å²) in [7, 11) is 0. The third-order valence-corrected chi connectivity index (χ3v) is 4.41. The van der Waals surface area contributed by atoms with Gasteiger partial charge in [-0.05, 0) is 27.8 Å². The Bertz CT molecular complexity index is 868. The summed E-state index contributed by atoms with van der Waals surface area (Å²) in [4.78, 5) is 0. The van der Waals surface area contributed by atoms with Crippen LogP contribution in [0.3, 0.4) is 0 Å². The molecule has 0 fully saturated rings. The molecule has 1 radical (unpaired) electrons. The first-order valence-electron chi connectivity index (χ1n) is 8.55. The van der Waals surface area contributed by atoms with Crippen LogP contribution in [0.15, 0.2) is 115 Å². The lowest BCUT2D eigenvalue weighted by Gasteiger charge is -2.18. The largest absolute Gasteiger partial charge is 0.0629 e. The van der Waals surface area contributed by atoms with Crippen molar-refractivity contribution in [2.24, 2.45) is 0 Å². The molecule has 0 aromatic heterocycles. The quantitative estimate of drug-likeness (QED) is 0.383. The second kappa shape index (κ2) is 7.19. The Labute approximate surface area is 149 Å². The van der Waals surface area contributed by atoms with Gasteiger partial charge in [0.05, 0.1) is 5.92 Å². The van der Waals surface area contributed by atoms with Gasteiger partial charge in [0, 0.05) is 0 Å². The van der Waals surface area contributed by atoms with Gasteiger partial charge in [-0.25, -0.2) is 0 Å². The normalized spacial score (nSPS) is 10.8. The summed E-state index contributed by atoms with van der Waals surface area (Å²) < 4.78 is 0. The molecule has 0 spiro atoms. The Morgan fingerprint density at radius 1 is 0.320 bits per heavy atom.